The summed E-state index contributed by atoms with van der Waals surface area (Å²) < 4.78 is 2.23. The van der Waals surface area contributed by atoms with Crippen molar-refractivity contribution in [1.29, 1.82) is 0 Å². The van der Waals surface area contributed by atoms with Crippen molar-refractivity contribution in [3.63, 3.8) is 0 Å². The van der Waals surface area contributed by atoms with Gasteiger partial charge in [0.2, 0.25) is 0 Å². The van der Waals surface area contributed by atoms with Crippen LogP contribution in [0.25, 0.3) is 11.0 Å². The average Bonchev–Trinajstić information content (AvgIpc) is 2.81. The molecule has 0 saturated heterocycles. The van der Waals surface area contributed by atoms with E-state index in [4.69, 9.17) is 0 Å². The highest BCUT2D eigenvalue weighted by atomic mass is 16.3. The van der Waals surface area contributed by atoms with Crippen LogP contribution < -0.4 is 5.32 Å². The zero-order chi connectivity index (χ0) is 16.1. The van der Waals surface area contributed by atoms with Crippen LogP contribution in [-0.4, -0.2) is 32.3 Å². The van der Waals surface area contributed by atoms with Gasteiger partial charge >= 0.3 is 0 Å². The standard InChI is InChI=1S/C17H28N4O/c1-5-6-14(8-10-22)20-17-16-15(18-13(4)19-17)7-9-21(16)11-12(2)3/h7,9,12,14,22H,5-6,8,10-11H2,1-4H3,(H,18,19,20). The fourth-order valence-electron chi connectivity index (χ4n) is 2.86. The summed E-state index contributed by atoms with van der Waals surface area (Å²) in [4.78, 5) is 9.16. The van der Waals surface area contributed by atoms with Gasteiger partial charge in [0.05, 0.1) is 5.52 Å². The molecule has 2 aromatic rings. The van der Waals surface area contributed by atoms with Crippen LogP contribution in [-0.2, 0) is 6.54 Å². The Hall–Kier alpha value is -1.62. The van der Waals surface area contributed by atoms with Crippen LogP contribution in [0.4, 0.5) is 5.82 Å². The fourth-order valence-corrected chi connectivity index (χ4v) is 2.86. The van der Waals surface area contributed by atoms with Crippen molar-refractivity contribution < 1.29 is 5.11 Å². The smallest absolute Gasteiger partial charge is 0.154 e. The van der Waals surface area contributed by atoms with Gasteiger partial charge in [-0.1, -0.05) is 27.2 Å². The molecule has 0 amide bonds. The van der Waals surface area contributed by atoms with Gasteiger partial charge in [0.15, 0.2) is 5.82 Å². The summed E-state index contributed by atoms with van der Waals surface area (Å²) in [5.74, 6) is 2.23. The van der Waals surface area contributed by atoms with Crippen molar-refractivity contribution in [3.05, 3.63) is 18.1 Å². The molecule has 0 aliphatic heterocycles. The molecule has 2 N–H and O–H groups in total. The van der Waals surface area contributed by atoms with Crippen molar-refractivity contribution >= 4 is 16.9 Å². The minimum atomic E-state index is 0.192. The third-order valence-corrected chi connectivity index (χ3v) is 3.74. The summed E-state index contributed by atoms with van der Waals surface area (Å²) in [7, 11) is 0. The highest BCUT2D eigenvalue weighted by Crippen LogP contribution is 2.24. The monoisotopic (exact) mass is 304 g/mol. The van der Waals surface area contributed by atoms with Crippen molar-refractivity contribution in [2.75, 3.05) is 11.9 Å². The second kappa shape index (κ2) is 7.58. The van der Waals surface area contributed by atoms with Crippen molar-refractivity contribution in [3.8, 4) is 0 Å². The van der Waals surface area contributed by atoms with Crippen LogP contribution in [0.2, 0.25) is 0 Å². The predicted molar refractivity (Wildman–Crippen MR) is 91.1 cm³/mol. The molecule has 1 atom stereocenters. The summed E-state index contributed by atoms with van der Waals surface area (Å²) >= 11 is 0. The Morgan fingerprint density at radius 1 is 1.27 bits per heavy atom. The maximum absolute atomic E-state index is 9.26. The van der Waals surface area contributed by atoms with Gasteiger partial charge in [-0.25, -0.2) is 9.97 Å². The second-order valence-corrected chi connectivity index (χ2v) is 6.36. The molecule has 1 unspecified atom stereocenters. The van der Waals surface area contributed by atoms with E-state index in [1.165, 1.54) is 0 Å². The lowest BCUT2D eigenvalue weighted by Crippen LogP contribution is -2.22. The summed E-state index contributed by atoms with van der Waals surface area (Å²) in [5.41, 5.74) is 2.05. The number of aromatic nitrogens is 3. The zero-order valence-corrected chi connectivity index (χ0v) is 14.1. The van der Waals surface area contributed by atoms with Crippen molar-refractivity contribution in [2.45, 2.75) is 59.5 Å². The summed E-state index contributed by atoms with van der Waals surface area (Å²) in [6.07, 6.45) is 4.93. The molecule has 2 heterocycles. The Kier molecular flexibility index (Phi) is 5.77. The number of fused-ring (bicyclic) bond motifs is 1. The number of nitrogens with zero attached hydrogens (tertiary/aromatic N) is 3. The number of hydrogen-bond donors (Lipinski definition) is 2. The van der Waals surface area contributed by atoms with Gasteiger partial charge in [-0.15, -0.1) is 0 Å². The van der Waals surface area contributed by atoms with Crippen LogP contribution in [0.15, 0.2) is 12.3 Å². The molecule has 122 valence electrons. The summed E-state index contributed by atoms with van der Waals surface area (Å²) in [6, 6.07) is 2.30. The van der Waals surface area contributed by atoms with Gasteiger partial charge in [0.25, 0.3) is 0 Å². The van der Waals surface area contributed by atoms with E-state index in [-0.39, 0.29) is 12.6 Å². The molecule has 0 aliphatic rings. The average molecular weight is 304 g/mol. The molecular formula is C17H28N4O. The number of hydrogen-bond acceptors (Lipinski definition) is 4. The van der Waals surface area contributed by atoms with Gasteiger partial charge in [0.1, 0.15) is 11.3 Å². The van der Waals surface area contributed by atoms with Gasteiger partial charge in [0, 0.05) is 25.4 Å². The van der Waals surface area contributed by atoms with E-state index in [1.807, 2.05) is 6.92 Å². The Morgan fingerprint density at radius 3 is 2.68 bits per heavy atom. The van der Waals surface area contributed by atoms with Crippen LogP contribution in [0, 0.1) is 12.8 Å². The highest BCUT2D eigenvalue weighted by molar-refractivity contribution is 5.86. The molecule has 0 aliphatic carbocycles. The minimum Gasteiger partial charge on any atom is -0.396 e. The molecule has 5 nitrogen and oxygen atoms in total. The van der Waals surface area contributed by atoms with Gasteiger partial charge in [-0.05, 0) is 31.7 Å². The summed E-state index contributed by atoms with van der Waals surface area (Å²) in [5, 5.41) is 12.8. The quantitative estimate of drug-likeness (QED) is 0.785. The SMILES string of the molecule is CCCC(CCO)Nc1nc(C)nc2ccn(CC(C)C)c12. The number of rotatable bonds is 8. The Labute approximate surface area is 132 Å². The minimum absolute atomic E-state index is 0.192. The second-order valence-electron chi connectivity index (χ2n) is 6.36. The first kappa shape index (κ1) is 16.7. The number of aryl methyl sites for hydroxylation is 1. The molecule has 0 radical (unpaired) electrons. The number of aliphatic hydroxyl groups excluding tert-OH is 1. The van der Waals surface area contributed by atoms with Crippen LogP contribution in [0.3, 0.4) is 0 Å². The van der Waals surface area contributed by atoms with Gasteiger partial charge in [-0.2, -0.15) is 0 Å². The first-order valence-electron chi connectivity index (χ1n) is 8.26. The Bertz CT molecular complexity index is 600. The molecule has 0 fully saturated rings. The molecule has 22 heavy (non-hydrogen) atoms. The summed E-state index contributed by atoms with van der Waals surface area (Å²) in [6.45, 7) is 9.64. The normalized spacial score (nSPS) is 13.0. The van der Waals surface area contributed by atoms with Crippen molar-refractivity contribution in [2.24, 2.45) is 5.92 Å². The lowest BCUT2D eigenvalue weighted by Gasteiger charge is -2.19. The van der Waals surface area contributed by atoms with Gasteiger partial charge in [-0.3, -0.25) is 0 Å². The molecule has 0 spiro atoms. The Balaban J connectivity index is 2.39. The zero-order valence-electron chi connectivity index (χ0n) is 14.1. The van der Waals surface area contributed by atoms with E-state index < -0.39 is 0 Å². The number of anilines is 1. The molecule has 0 saturated carbocycles. The largest absolute Gasteiger partial charge is 0.396 e. The van der Waals surface area contributed by atoms with Gasteiger partial charge < -0.3 is 15.0 Å². The predicted octanol–water partition coefficient (Wildman–Crippen LogP) is 3.36. The highest BCUT2D eigenvalue weighted by Gasteiger charge is 2.15. The van der Waals surface area contributed by atoms with E-state index in [1.54, 1.807) is 0 Å². The molecular weight excluding hydrogens is 276 g/mol. The van der Waals surface area contributed by atoms with E-state index in [9.17, 15) is 5.11 Å². The number of nitrogens with one attached hydrogen (secondary N) is 1. The molecule has 0 bridgehead atoms. The lowest BCUT2D eigenvalue weighted by atomic mass is 10.1. The van der Waals surface area contributed by atoms with E-state index >= 15 is 0 Å². The first-order valence-corrected chi connectivity index (χ1v) is 8.26. The molecule has 5 heteroatoms. The third-order valence-electron chi connectivity index (χ3n) is 3.74. The lowest BCUT2D eigenvalue weighted by molar-refractivity contribution is 0.276. The Morgan fingerprint density at radius 2 is 2.05 bits per heavy atom. The fraction of sp³-hybridized carbons (Fsp3) is 0.647. The molecule has 2 rings (SSSR count). The molecule has 2 aromatic heterocycles. The van der Waals surface area contributed by atoms with Crippen molar-refractivity contribution in [1.82, 2.24) is 14.5 Å². The van der Waals surface area contributed by atoms with Crippen LogP contribution >= 0.6 is 0 Å². The van der Waals surface area contributed by atoms with E-state index in [0.717, 1.165) is 48.5 Å². The number of aliphatic hydroxyl groups is 1. The maximum Gasteiger partial charge on any atom is 0.154 e. The first-order chi connectivity index (χ1) is 10.5. The topological polar surface area (TPSA) is 63.0 Å². The van der Waals surface area contributed by atoms with Crippen LogP contribution in [0.5, 0.6) is 0 Å². The maximum atomic E-state index is 9.26. The van der Waals surface area contributed by atoms with E-state index in [0.29, 0.717) is 5.92 Å². The van der Waals surface area contributed by atoms with Crippen LogP contribution in [0.1, 0.15) is 45.9 Å². The van der Waals surface area contributed by atoms with E-state index in [2.05, 4.69) is 52.9 Å². The molecule has 0 aromatic carbocycles. The third kappa shape index (κ3) is 3.97.